The van der Waals surface area contributed by atoms with E-state index in [1.54, 1.807) is 14.2 Å². The van der Waals surface area contributed by atoms with Crippen molar-refractivity contribution in [2.75, 3.05) is 27.4 Å². The van der Waals surface area contributed by atoms with Crippen molar-refractivity contribution in [1.29, 1.82) is 0 Å². The second kappa shape index (κ2) is 4.01. The lowest BCUT2D eigenvalue weighted by Crippen LogP contribution is -2.34. The zero-order valence-corrected chi connectivity index (χ0v) is 6.82. The molecule has 1 aliphatic heterocycles. The summed E-state index contributed by atoms with van der Waals surface area (Å²) in [6, 6.07) is 0. The van der Waals surface area contributed by atoms with Crippen molar-refractivity contribution in [2.24, 2.45) is 0 Å². The third-order valence-electron chi connectivity index (χ3n) is 1.83. The minimum atomic E-state index is -0.514. The van der Waals surface area contributed by atoms with Gasteiger partial charge in [-0.25, -0.2) is 0 Å². The van der Waals surface area contributed by atoms with Gasteiger partial charge in [-0.2, -0.15) is 0 Å². The monoisotopic (exact) mass is 162 g/mol. The van der Waals surface area contributed by atoms with Crippen molar-refractivity contribution in [1.82, 2.24) is 0 Å². The maximum absolute atomic E-state index is 9.28. The van der Waals surface area contributed by atoms with Gasteiger partial charge in [0.1, 0.15) is 18.3 Å². The molecule has 0 radical (unpaired) electrons. The van der Waals surface area contributed by atoms with Gasteiger partial charge in [0.2, 0.25) is 0 Å². The van der Waals surface area contributed by atoms with Crippen LogP contribution < -0.4 is 0 Å². The third-order valence-corrected chi connectivity index (χ3v) is 1.83. The highest BCUT2D eigenvalue weighted by atomic mass is 16.6. The Morgan fingerprint density at radius 1 is 1.55 bits per heavy atom. The molecule has 0 aromatic heterocycles. The first-order valence-corrected chi connectivity index (χ1v) is 3.61. The van der Waals surface area contributed by atoms with Gasteiger partial charge < -0.3 is 19.3 Å². The largest absolute Gasteiger partial charge is 0.388 e. The van der Waals surface area contributed by atoms with E-state index in [4.69, 9.17) is 14.2 Å². The number of hydrogen-bond donors (Lipinski definition) is 1. The van der Waals surface area contributed by atoms with Gasteiger partial charge >= 0.3 is 0 Å². The summed E-state index contributed by atoms with van der Waals surface area (Å²) < 4.78 is 15.1. The van der Waals surface area contributed by atoms with E-state index < -0.39 is 6.10 Å². The molecule has 0 saturated carbocycles. The molecule has 1 rings (SSSR count). The minimum Gasteiger partial charge on any atom is -0.388 e. The molecular weight excluding hydrogens is 148 g/mol. The standard InChI is InChI=1S/C7H14O4/c1-9-4-6-7(10-2)5(8)3-11-6/h5-8H,3-4H2,1-2H3/t5?,6-,7?/m1/s1. The molecule has 3 atom stereocenters. The van der Waals surface area contributed by atoms with Crippen molar-refractivity contribution in [3.63, 3.8) is 0 Å². The molecule has 1 N–H and O–H groups in total. The molecule has 0 aliphatic carbocycles. The Labute approximate surface area is 66.1 Å². The Balaban J connectivity index is 2.40. The number of methoxy groups -OCH3 is 2. The van der Waals surface area contributed by atoms with Crippen LogP contribution in [0.5, 0.6) is 0 Å². The van der Waals surface area contributed by atoms with Crippen molar-refractivity contribution < 1.29 is 19.3 Å². The zero-order chi connectivity index (χ0) is 8.27. The van der Waals surface area contributed by atoms with Crippen LogP contribution in [0.1, 0.15) is 0 Å². The van der Waals surface area contributed by atoms with Gasteiger partial charge in [-0.05, 0) is 0 Å². The molecule has 2 unspecified atom stereocenters. The smallest absolute Gasteiger partial charge is 0.114 e. The average molecular weight is 162 g/mol. The van der Waals surface area contributed by atoms with Gasteiger partial charge in [0.25, 0.3) is 0 Å². The lowest BCUT2D eigenvalue weighted by molar-refractivity contribution is -0.0391. The Kier molecular flexibility index (Phi) is 3.26. The second-order valence-electron chi connectivity index (χ2n) is 2.59. The number of aliphatic hydroxyl groups excluding tert-OH is 1. The number of hydrogen-bond acceptors (Lipinski definition) is 4. The molecule has 0 aromatic rings. The van der Waals surface area contributed by atoms with Crippen LogP contribution in [0.25, 0.3) is 0 Å². The molecule has 1 fully saturated rings. The highest BCUT2D eigenvalue weighted by Gasteiger charge is 2.35. The molecule has 1 aliphatic rings. The predicted octanol–water partition coefficient (Wildman–Crippen LogP) is -0.593. The molecule has 1 heterocycles. The molecule has 66 valence electrons. The van der Waals surface area contributed by atoms with Crippen LogP contribution in [-0.4, -0.2) is 50.9 Å². The van der Waals surface area contributed by atoms with Gasteiger partial charge in [-0.3, -0.25) is 0 Å². The molecule has 4 heteroatoms. The van der Waals surface area contributed by atoms with Gasteiger partial charge in [0.15, 0.2) is 0 Å². The first kappa shape index (κ1) is 8.93. The van der Waals surface area contributed by atoms with Gasteiger partial charge in [0, 0.05) is 14.2 Å². The number of rotatable bonds is 3. The minimum absolute atomic E-state index is 0.125. The molecule has 11 heavy (non-hydrogen) atoms. The highest BCUT2D eigenvalue weighted by molar-refractivity contribution is 4.84. The summed E-state index contributed by atoms with van der Waals surface area (Å²) in [7, 11) is 3.16. The highest BCUT2D eigenvalue weighted by Crippen LogP contribution is 2.16. The van der Waals surface area contributed by atoms with Crippen molar-refractivity contribution in [3.05, 3.63) is 0 Å². The van der Waals surface area contributed by atoms with E-state index in [0.29, 0.717) is 13.2 Å². The lowest BCUT2D eigenvalue weighted by atomic mass is 10.1. The van der Waals surface area contributed by atoms with E-state index in [2.05, 4.69) is 0 Å². The summed E-state index contributed by atoms with van der Waals surface area (Å²) in [4.78, 5) is 0. The first-order valence-electron chi connectivity index (χ1n) is 3.61. The quantitative estimate of drug-likeness (QED) is 0.602. The van der Waals surface area contributed by atoms with Crippen LogP contribution in [0.3, 0.4) is 0 Å². The predicted molar refractivity (Wildman–Crippen MR) is 38.4 cm³/mol. The Morgan fingerprint density at radius 2 is 2.27 bits per heavy atom. The summed E-state index contributed by atoms with van der Waals surface area (Å²) >= 11 is 0. The fraction of sp³-hybridized carbons (Fsp3) is 1.00. The zero-order valence-electron chi connectivity index (χ0n) is 6.82. The van der Waals surface area contributed by atoms with Crippen molar-refractivity contribution >= 4 is 0 Å². The summed E-state index contributed by atoms with van der Waals surface area (Å²) in [6.07, 6.45) is -0.880. The number of ether oxygens (including phenoxy) is 3. The van der Waals surface area contributed by atoms with Crippen LogP contribution in [0.15, 0.2) is 0 Å². The molecular formula is C7H14O4. The van der Waals surface area contributed by atoms with E-state index >= 15 is 0 Å². The van der Waals surface area contributed by atoms with Crippen LogP contribution in [0.2, 0.25) is 0 Å². The van der Waals surface area contributed by atoms with E-state index in [-0.39, 0.29) is 12.2 Å². The van der Waals surface area contributed by atoms with Crippen LogP contribution in [-0.2, 0) is 14.2 Å². The topological polar surface area (TPSA) is 47.9 Å². The summed E-state index contributed by atoms with van der Waals surface area (Å²) in [6.45, 7) is 0.808. The van der Waals surface area contributed by atoms with E-state index in [0.717, 1.165) is 0 Å². The Hall–Kier alpha value is -0.160. The second-order valence-corrected chi connectivity index (χ2v) is 2.59. The maximum Gasteiger partial charge on any atom is 0.114 e. The summed E-state index contributed by atoms with van der Waals surface area (Å²) in [5, 5.41) is 9.28. The van der Waals surface area contributed by atoms with Crippen LogP contribution in [0.4, 0.5) is 0 Å². The Morgan fingerprint density at radius 3 is 2.82 bits per heavy atom. The Bertz CT molecular complexity index is 115. The van der Waals surface area contributed by atoms with Gasteiger partial charge in [0.05, 0.1) is 13.2 Å². The van der Waals surface area contributed by atoms with Gasteiger partial charge in [-0.1, -0.05) is 0 Å². The van der Waals surface area contributed by atoms with Crippen molar-refractivity contribution in [2.45, 2.75) is 18.3 Å². The van der Waals surface area contributed by atoms with Crippen LogP contribution >= 0.6 is 0 Å². The molecule has 1 saturated heterocycles. The first-order chi connectivity index (χ1) is 5.29. The van der Waals surface area contributed by atoms with Crippen LogP contribution in [0, 0.1) is 0 Å². The van der Waals surface area contributed by atoms with Crippen molar-refractivity contribution in [3.8, 4) is 0 Å². The van der Waals surface area contributed by atoms with E-state index in [1.807, 2.05) is 0 Å². The molecule has 0 aromatic carbocycles. The van der Waals surface area contributed by atoms with Gasteiger partial charge in [-0.15, -0.1) is 0 Å². The molecule has 0 spiro atoms. The maximum atomic E-state index is 9.28. The average Bonchev–Trinajstić information content (AvgIpc) is 2.33. The van der Waals surface area contributed by atoms with E-state index in [9.17, 15) is 5.11 Å². The van der Waals surface area contributed by atoms with E-state index in [1.165, 1.54) is 0 Å². The third kappa shape index (κ3) is 1.90. The molecule has 0 bridgehead atoms. The fourth-order valence-corrected chi connectivity index (χ4v) is 1.28. The SMILES string of the molecule is COC[C@H]1OCC(O)C1OC. The fourth-order valence-electron chi connectivity index (χ4n) is 1.28. The summed E-state index contributed by atoms with van der Waals surface area (Å²) in [5.74, 6) is 0. The molecule has 0 amide bonds. The lowest BCUT2D eigenvalue weighted by Gasteiger charge is -2.17. The normalized spacial score (nSPS) is 37.9. The summed E-state index contributed by atoms with van der Waals surface area (Å²) in [5.41, 5.74) is 0. The molecule has 4 nitrogen and oxygen atoms in total. The number of aliphatic hydroxyl groups is 1.